The first-order chi connectivity index (χ1) is 9.62. The molecule has 0 N–H and O–H groups in total. The topological polar surface area (TPSA) is 43.4 Å². The zero-order chi connectivity index (χ0) is 14.4. The van der Waals surface area contributed by atoms with Gasteiger partial charge in [-0.05, 0) is 29.8 Å². The predicted octanol–water partition coefficient (Wildman–Crippen LogP) is 3.18. The molecule has 0 atom stereocenters. The van der Waals surface area contributed by atoms with E-state index >= 15 is 0 Å². The summed E-state index contributed by atoms with van der Waals surface area (Å²) in [6.45, 7) is 0. The van der Waals surface area contributed by atoms with Crippen molar-refractivity contribution in [1.29, 1.82) is 0 Å². The summed E-state index contributed by atoms with van der Waals surface area (Å²) in [4.78, 5) is 0.347. The number of rotatable bonds is 5. The monoisotopic (exact) mass is 288 g/mol. The molecular weight excluding hydrogens is 272 g/mol. The fourth-order valence-corrected chi connectivity index (χ4v) is 2.86. The zero-order valence-corrected chi connectivity index (χ0v) is 12.0. The second-order valence-corrected chi connectivity index (χ2v) is 6.30. The summed E-state index contributed by atoms with van der Waals surface area (Å²) in [7, 11) is -1.65. The molecule has 0 aliphatic carbocycles. The zero-order valence-electron chi connectivity index (χ0n) is 11.2. The highest BCUT2D eigenvalue weighted by Gasteiger charge is 2.10. The summed E-state index contributed by atoms with van der Waals surface area (Å²) in [5.41, 5.74) is 0.939. The summed E-state index contributed by atoms with van der Waals surface area (Å²) in [6, 6.07) is 15.9. The Bertz CT molecular complexity index is 671. The van der Waals surface area contributed by atoms with Gasteiger partial charge in [0.15, 0.2) is 9.84 Å². The van der Waals surface area contributed by atoms with Crippen LogP contribution in [0.2, 0.25) is 0 Å². The molecule has 4 heteroatoms. The fourth-order valence-electron chi connectivity index (χ4n) is 1.75. The predicted molar refractivity (Wildman–Crippen MR) is 80.5 cm³/mol. The van der Waals surface area contributed by atoms with Gasteiger partial charge in [-0.25, -0.2) is 8.42 Å². The number of benzene rings is 2. The van der Waals surface area contributed by atoms with Crippen molar-refractivity contribution >= 4 is 15.9 Å². The molecule has 0 bridgehead atoms. The highest BCUT2D eigenvalue weighted by atomic mass is 32.2. The third-order valence-corrected chi connectivity index (χ3v) is 4.47. The molecule has 0 saturated heterocycles. The molecule has 0 unspecified atom stereocenters. The van der Waals surface area contributed by atoms with Crippen molar-refractivity contribution < 1.29 is 13.2 Å². The third kappa shape index (κ3) is 3.71. The first-order valence-electron chi connectivity index (χ1n) is 6.20. The standard InChI is InChI=1S/C16H16O3S/c1-19-15-11-9-14(10-12-15)6-5-13-20(17,18)16-7-3-2-4-8-16/h2-12H,13H2,1H3. The van der Waals surface area contributed by atoms with E-state index in [0.29, 0.717) is 4.90 Å². The van der Waals surface area contributed by atoms with Gasteiger partial charge in [0, 0.05) is 0 Å². The second-order valence-electron chi connectivity index (χ2n) is 4.27. The molecule has 0 amide bonds. The van der Waals surface area contributed by atoms with Gasteiger partial charge in [-0.15, -0.1) is 0 Å². The molecule has 2 rings (SSSR count). The summed E-state index contributed by atoms with van der Waals surface area (Å²) in [5.74, 6) is 0.766. The smallest absolute Gasteiger partial charge is 0.181 e. The Labute approximate surface area is 119 Å². The summed E-state index contributed by atoms with van der Waals surface area (Å²) in [6.07, 6.45) is 3.45. The van der Waals surface area contributed by atoms with E-state index in [1.807, 2.05) is 24.3 Å². The van der Waals surface area contributed by atoms with Crippen LogP contribution in [0.3, 0.4) is 0 Å². The van der Waals surface area contributed by atoms with Gasteiger partial charge in [-0.1, -0.05) is 42.5 Å². The largest absolute Gasteiger partial charge is 0.497 e. The molecule has 2 aromatic carbocycles. The van der Waals surface area contributed by atoms with Crippen molar-refractivity contribution in [2.24, 2.45) is 0 Å². The molecule has 20 heavy (non-hydrogen) atoms. The average Bonchev–Trinajstić information content (AvgIpc) is 2.49. The molecule has 0 aliphatic rings. The van der Waals surface area contributed by atoms with E-state index < -0.39 is 9.84 Å². The van der Waals surface area contributed by atoms with Crippen LogP contribution in [-0.4, -0.2) is 21.3 Å². The van der Waals surface area contributed by atoms with E-state index in [-0.39, 0.29) is 5.75 Å². The van der Waals surface area contributed by atoms with Crippen LogP contribution in [0.15, 0.2) is 65.6 Å². The second kappa shape index (κ2) is 6.39. The number of methoxy groups -OCH3 is 1. The van der Waals surface area contributed by atoms with Gasteiger partial charge in [0.05, 0.1) is 17.8 Å². The van der Waals surface area contributed by atoms with Crippen LogP contribution in [0, 0.1) is 0 Å². The van der Waals surface area contributed by atoms with E-state index in [0.717, 1.165) is 11.3 Å². The summed E-state index contributed by atoms with van der Waals surface area (Å²) in [5, 5.41) is 0. The third-order valence-electron chi connectivity index (χ3n) is 2.84. The van der Waals surface area contributed by atoms with Crippen LogP contribution in [0.5, 0.6) is 5.75 Å². The molecule has 0 radical (unpaired) electrons. The highest BCUT2D eigenvalue weighted by molar-refractivity contribution is 7.91. The van der Waals surface area contributed by atoms with Crippen molar-refractivity contribution in [3.8, 4) is 5.75 Å². The van der Waals surface area contributed by atoms with E-state index in [4.69, 9.17) is 4.74 Å². The van der Waals surface area contributed by atoms with Crippen molar-refractivity contribution in [2.45, 2.75) is 4.90 Å². The molecule has 0 aliphatic heterocycles. The van der Waals surface area contributed by atoms with E-state index in [9.17, 15) is 8.42 Å². The van der Waals surface area contributed by atoms with Crippen LogP contribution in [0.25, 0.3) is 6.08 Å². The quantitative estimate of drug-likeness (QED) is 0.848. The Morgan fingerprint density at radius 2 is 1.65 bits per heavy atom. The van der Waals surface area contributed by atoms with Crippen LogP contribution in [0.4, 0.5) is 0 Å². The molecule has 0 aromatic heterocycles. The summed E-state index contributed by atoms with van der Waals surface area (Å²) < 4.78 is 29.2. The Hall–Kier alpha value is -2.07. The molecule has 0 saturated carbocycles. The van der Waals surface area contributed by atoms with Gasteiger partial charge in [0.25, 0.3) is 0 Å². The van der Waals surface area contributed by atoms with Gasteiger partial charge < -0.3 is 4.74 Å². The fraction of sp³-hybridized carbons (Fsp3) is 0.125. The highest BCUT2D eigenvalue weighted by Crippen LogP contribution is 2.14. The maximum atomic E-state index is 12.1. The van der Waals surface area contributed by atoms with Crippen molar-refractivity contribution in [1.82, 2.24) is 0 Å². The first kappa shape index (κ1) is 14.3. The van der Waals surface area contributed by atoms with Crippen molar-refractivity contribution in [2.75, 3.05) is 12.9 Å². The Morgan fingerprint density at radius 3 is 2.25 bits per heavy atom. The van der Waals surface area contributed by atoms with Gasteiger partial charge >= 0.3 is 0 Å². The molecule has 0 heterocycles. The SMILES string of the molecule is COc1ccc(C=CCS(=O)(=O)c2ccccc2)cc1. The maximum Gasteiger partial charge on any atom is 0.181 e. The van der Waals surface area contributed by atoms with Crippen LogP contribution in [-0.2, 0) is 9.84 Å². The lowest BCUT2D eigenvalue weighted by Crippen LogP contribution is -2.04. The van der Waals surface area contributed by atoms with Gasteiger partial charge in [0.2, 0.25) is 0 Å². The normalized spacial score (nSPS) is 11.7. The van der Waals surface area contributed by atoms with E-state index in [1.165, 1.54) is 0 Å². The van der Waals surface area contributed by atoms with Crippen molar-refractivity contribution in [3.63, 3.8) is 0 Å². The Balaban J connectivity index is 2.05. The molecule has 2 aromatic rings. The van der Waals surface area contributed by atoms with E-state index in [1.54, 1.807) is 49.6 Å². The maximum absolute atomic E-state index is 12.1. The molecule has 3 nitrogen and oxygen atoms in total. The Kier molecular flexibility index (Phi) is 4.58. The lowest BCUT2D eigenvalue weighted by molar-refractivity contribution is 0.415. The van der Waals surface area contributed by atoms with Crippen LogP contribution in [0.1, 0.15) is 5.56 Å². The average molecular weight is 288 g/mol. The molecule has 104 valence electrons. The van der Waals surface area contributed by atoms with Gasteiger partial charge in [-0.2, -0.15) is 0 Å². The van der Waals surface area contributed by atoms with Crippen molar-refractivity contribution in [3.05, 3.63) is 66.2 Å². The number of hydrogen-bond acceptors (Lipinski definition) is 3. The van der Waals surface area contributed by atoms with Gasteiger partial charge in [-0.3, -0.25) is 0 Å². The summed E-state index contributed by atoms with van der Waals surface area (Å²) >= 11 is 0. The minimum Gasteiger partial charge on any atom is -0.497 e. The number of sulfone groups is 1. The van der Waals surface area contributed by atoms with Gasteiger partial charge in [0.1, 0.15) is 5.75 Å². The lowest BCUT2D eigenvalue weighted by atomic mass is 10.2. The van der Waals surface area contributed by atoms with Crippen LogP contribution >= 0.6 is 0 Å². The lowest BCUT2D eigenvalue weighted by Gasteiger charge is -2.01. The number of ether oxygens (including phenoxy) is 1. The molecule has 0 spiro atoms. The minimum absolute atomic E-state index is 0.0109. The van der Waals surface area contributed by atoms with Crippen LogP contribution < -0.4 is 4.74 Å². The number of hydrogen-bond donors (Lipinski definition) is 0. The minimum atomic E-state index is -3.25. The first-order valence-corrected chi connectivity index (χ1v) is 7.85. The van der Waals surface area contributed by atoms with E-state index in [2.05, 4.69) is 0 Å². The molecule has 0 fully saturated rings. The Morgan fingerprint density at radius 1 is 1.00 bits per heavy atom. The molecular formula is C16H16O3S.